The number of rotatable bonds is 3. The third kappa shape index (κ3) is 2.67. The largest absolute Gasteiger partial charge is 0.396 e. The summed E-state index contributed by atoms with van der Waals surface area (Å²) in [4.78, 5) is 15.9. The molecule has 1 fully saturated rings. The maximum atomic E-state index is 12.1. The highest BCUT2D eigenvalue weighted by molar-refractivity contribution is 9.10. The summed E-state index contributed by atoms with van der Waals surface area (Å²) in [5, 5.41) is 9.13. The van der Waals surface area contributed by atoms with Crippen LogP contribution < -0.4 is 4.90 Å². The Morgan fingerprint density at radius 2 is 2.00 bits per heavy atom. The van der Waals surface area contributed by atoms with Gasteiger partial charge in [-0.2, -0.15) is 0 Å². The molecule has 0 aliphatic carbocycles. The molecule has 1 N–H and O–H groups in total. The van der Waals surface area contributed by atoms with Gasteiger partial charge in [-0.25, -0.2) is 0 Å². The van der Waals surface area contributed by atoms with E-state index in [1.165, 1.54) is 0 Å². The molecule has 0 aromatic heterocycles. The second-order valence-corrected chi connectivity index (χ2v) is 5.37. The van der Waals surface area contributed by atoms with Crippen molar-refractivity contribution in [2.75, 3.05) is 31.6 Å². The average Bonchev–Trinajstić information content (AvgIpc) is 2.37. The minimum absolute atomic E-state index is 0.0251. The van der Waals surface area contributed by atoms with Crippen LogP contribution in [0.2, 0.25) is 0 Å². The van der Waals surface area contributed by atoms with E-state index in [4.69, 9.17) is 5.11 Å². The highest BCUT2D eigenvalue weighted by atomic mass is 79.9. The van der Waals surface area contributed by atoms with Crippen LogP contribution in [0.1, 0.15) is 6.42 Å². The van der Waals surface area contributed by atoms with Gasteiger partial charge in [0.1, 0.15) is 6.04 Å². The fourth-order valence-corrected chi connectivity index (χ4v) is 2.52. The van der Waals surface area contributed by atoms with Crippen molar-refractivity contribution in [2.24, 2.45) is 0 Å². The molecule has 1 atom stereocenters. The monoisotopic (exact) mass is 312 g/mol. The molecule has 0 saturated carbocycles. The van der Waals surface area contributed by atoms with Crippen molar-refractivity contribution in [3.63, 3.8) is 0 Å². The smallest absolute Gasteiger partial charge is 0.245 e. The quantitative estimate of drug-likeness (QED) is 0.919. The van der Waals surface area contributed by atoms with Gasteiger partial charge in [0.15, 0.2) is 0 Å². The molecule has 98 valence electrons. The summed E-state index contributed by atoms with van der Waals surface area (Å²) < 4.78 is 1.02. The lowest BCUT2D eigenvalue weighted by Gasteiger charge is -2.40. The minimum atomic E-state index is -0.255. The van der Waals surface area contributed by atoms with Crippen molar-refractivity contribution >= 4 is 27.5 Å². The van der Waals surface area contributed by atoms with Crippen molar-refractivity contribution in [1.29, 1.82) is 0 Å². The third-order valence-corrected chi connectivity index (χ3v) is 3.80. The molecule has 1 aromatic carbocycles. The number of benzene rings is 1. The van der Waals surface area contributed by atoms with Crippen molar-refractivity contribution in [1.82, 2.24) is 4.90 Å². The first kappa shape index (κ1) is 13.4. The summed E-state index contributed by atoms with van der Waals surface area (Å²) >= 11 is 3.40. The number of aliphatic hydroxyl groups excluding tert-OH is 1. The van der Waals surface area contributed by atoms with Gasteiger partial charge in [-0.3, -0.25) is 4.79 Å². The number of hydrogen-bond donors (Lipinski definition) is 1. The van der Waals surface area contributed by atoms with E-state index in [1.807, 2.05) is 31.3 Å². The molecule has 4 nitrogen and oxygen atoms in total. The highest BCUT2D eigenvalue weighted by Gasteiger charge is 2.32. The zero-order valence-electron chi connectivity index (χ0n) is 10.3. The Bertz CT molecular complexity index is 422. The molecule has 1 aliphatic rings. The number of piperazine rings is 1. The van der Waals surface area contributed by atoms with Gasteiger partial charge in [-0.05, 0) is 30.7 Å². The van der Waals surface area contributed by atoms with Gasteiger partial charge in [0, 0.05) is 36.9 Å². The maximum absolute atomic E-state index is 12.1. The van der Waals surface area contributed by atoms with Crippen molar-refractivity contribution in [3.8, 4) is 0 Å². The topological polar surface area (TPSA) is 43.8 Å². The van der Waals surface area contributed by atoms with Crippen LogP contribution in [0.4, 0.5) is 5.69 Å². The predicted molar refractivity (Wildman–Crippen MR) is 74.6 cm³/mol. The third-order valence-electron chi connectivity index (χ3n) is 3.27. The molecule has 0 radical (unpaired) electrons. The van der Waals surface area contributed by atoms with Gasteiger partial charge in [0.2, 0.25) is 5.91 Å². The molecule has 1 heterocycles. The Morgan fingerprint density at radius 3 is 2.61 bits per heavy atom. The van der Waals surface area contributed by atoms with Gasteiger partial charge in [0.25, 0.3) is 0 Å². The molecule has 1 amide bonds. The van der Waals surface area contributed by atoms with Crippen LogP contribution in [-0.4, -0.2) is 48.7 Å². The lowest BCUT2D eigenvalue weighted by atomic mass is 10.1. The molecule has 1 unspecified atom stereocenters. The normalized spacial score (nSPS) is 20.4. The minimum Gasteiger partial charge on any atom is -0.396 e. The number of carbonyl (C=O) groups excluding carboxylic acids is 1. The molecule has 2 rings (SSSR count). The number of nitrogens with zero attached hydrogens (tertiary/aromatic N) is 2. The summed E-state index contributed by atoms with van der Waals surface area (Å²) in [5.41, 5.74) is 1.03. The Kier molecular flexibility index (Phi) is 4.24. The number of aliphatic hydroxyl groups is 1. The second-order valence-electron chi connectivity index (χ2n) is 4.46. The number of halogens is 1. The number of hydrogen-bond acceptors (Lipinski definition) is 3. The molecule has 0 spiro atoms. The maximum Gasteiger partial charge on any atom is 0.245 e. The number of likely N-dealkylation sites (N-methyl/N-ethyl adjacent to an activating group) is 1. The van der Waals surface area contributed by atoms with Gasteiger partial charge < -0.3 is 14.9 Å². The van der Waals surface area contributed by atoms with Gasteiger partial charge in [0.05, 0.1) is 0 Å². The van der Waals surface area contributed by atoms with Gasteiger partial charge >= 0.3 is 0 Å². The van der Waals surface area contributed by atoms with E-state index in [-0.39, 0.29) is 18.6 Å². The molecule has 18 heavy (non-hydrogen) atoms. The summed E-state index contributed by atoms with van der Waals surface area (Å²) in [6, 6.07) is 7.66. The van der Waals surface area contributed by atoms with E-state index >= 15 is 0 Å². The molecule has 5 heteroatoms. The summed E-state index contributed by atoms with van der Waals surface area (Å²) in [7, 11) is 1.81. The Balaban J connectivity index is 2.24. The van der Waals surface area contributed by atoms with E-state index in [2.05, 4.69) is 20.8 Å². The van der Waals surface area contributed by atoms with Crippen LogP contribution in [0.15, 0.2) is 28.7 Å². The standard InChI is InChI=1S/C13H17BrN2O2/c1-15-7-8-16(12(6-9-17)13(15)18)11-4-2-10(14)3-5-11/h2-5,12,17H,6-9H2,1H3. The lowest BCUT2D eigenvalue weighted by Crippen LogP contribution is -2.56. The van der Waals surface area contributed by atoms with Gasteiger partial charge in [-0.15, -0.1) is 0 Å². The molecule has 1 saturated heterocycles. The summed E-state index contributed by atoms with van der Waals surface area (Å²) in [5.74, 6) is 0.0817. The van der Waals surface area contributed by atoms with Crippen LogP contribution in [0, 0.1) is 0 Å². The van der Waals surface area contributed by atoms with Crippen molar-refractivity contribution in [2.45, 2.75) is 12.5 Å². The SMILES string of the molecule is CN1CCN(c2ccc(Br)cc2)C(CCO)C1=O. The fraction of sp³-hybridized carbons (Fsp3) is 0.462. The van der Waals surface area contributed by atoms with E-state index < -0.39 is 0 Å². The Hall–Kier alpha value is -1.07. The van der Waals surface area contributed by atoms with Crippen molar-refractivity contribution in [3.05, 3.63) is 28.7 Å². The average molecular weight is 313 g/mol. The van der Waals surface area contributed by atoms with Crippen LogP contribution in [0.5, 0.6) is 0 Å². The second kappa shape index (κ2) is 5.71. The molecule has 1 aliphatic heterocycles. The molecule has 0 bridgehead atoms. The van der Waals surface area contributed by atoms with E-state index in [1.54, 1.807) is 4.90 Å². The van der Waals surface area contributed by atoms with E-state index in [0.717, 1.165) is 23.2 Å². The molecular formula is C13H17BrN2O2. The predicted octanol–water partition coefficient (Wildman–Crippen LogP) is 1.48. The summed E-state index contributed by atoms with van der Waals surface area (Å²) in [6.07, 6.45) is 0.471. The van der Waals surface area contributed by atoms with Crippen molar-refractivity contribution < 1.29 is 9.90 Å². The number of carbonyl (C=O) groups is 1. The first-order valence-electron chi connectivity index (χ1n) is 6.01. The molecule has 1 aromatic rings. The van der Waals surface area contributed by atoms with Gasteiger partial charge in [-0.1, -0.05) is 15.9 Å². The molecular weight excluding hydrogens is 296 g/mol. The highest BCUT2D eigenvalue weighted by Crippen LogP contribution is 2.24. The van der Waals surface area contributed by atoms with Crippen LogP contribution in [0.3, 0.4) is 0 Å². The van der Waals surface area contributed by atoms with Crippen LogP contribution in [-0.2, 0) is 4.79 Å². The zero-order valence-corrected chi connectivity index (χ0v) is 11.9. The Labute approximate surface area is 115 Å². The summed E-state index contributed by atoms with van der Waals surface area (Å²) in [6.45, 7) is 1.54. The number of anilines is 1. The van der Waals surface area contributed by atoms with E-state index in [0.29, 0.717) is 6.42 Å². The first-order chi connectivity index (χ1) is 8.63. The van der Waals surface area contributed by atoms with Crippen LogP contribution in [0.25, 0.3) is 0 Å². The zero-order chi connectivity index (χ0) is 13.1. The van der Waals surface area contributed by atoms with E-state index in [9.17, 15) is 4.79 Å². The lowest BCUT2D eigenvalue weighted by molar-refractivity contribution is -0.133. The number of amides is 1. The van der Waals surface area contributed by atoms with Crippen LogP contribution >= 0.6 is 15.9 Å². The fourth-order valence-electron chi connectivity index (χ4n) is 2.25. The Morgan fingerprint density at radius 1 is 1.33 bits per heavy atom. The first-order valence-corrected chi connectivity index (χ1v) is 6.81.